The standard InChI is InChI=1S/C24H28N6O2/c25-22-27-20(8-6-16-5-7-17-3-1-2-4-18(17)13-16)28-23(29-22)30-11-9-24(10-12-30)14-19(21(31)32)26-15-24/h1-5,7,13,19,26H,6,8-12,14-15H2,(H,31,32)(H2,25,27,28,29). The van der Waals surface area contributed by atoms with Gasteiger partial charge in [-0.2, -0.15) is 15.0 Å². The predicted molar refractivity (Wildman–Crippen MR) is 124 cm³/mol. The van der Waals surface area contributed by atoms with Crippen LogP contribution in [0.1, 0.15) is 30.7 Å². The van der Waals surface area contributed by atoms with E-state index in [9.17, 15) is 9.90 Å². The van der Waals surface area contributed by atoms with Crippen LogP contribution < -0.4 is 16.0 Å². The minimum absolute atomic E-state index is 0.0526. The van der Waals surface area contributed by atoms with E-state index in [0.29, 0.717) is 24.6 Å². The van der Waals surface area contributed by atoms with Gasteiger partial charge in [-0.15, -0.1) is 0 Å². The fourth-order valence-corrected chi connectivity index (χ4v) is 4.98. The summed E-state index contributed by atoms with van der Waals surface area (Å²) in [4.78, 5) is 26.9. The van der Waals surface area contributed by atoms with Gasteiger partial charge in [-0.25, -0.2) is 0 Å². The number of nitrogen functional groups attached to an aromatic ring is 1. The molecule has 2 aromatic carbocycles. The van der Waals surface area contributed by atoms with Crippen LogP contribution in [0.5, 0.6) is 0 Å². The zero-order valence-electron chi connectivity index (χ0n) is 18.0. The fraction of sp³-hybridized carbons (Fsp3) is 0.417. The van der Waals surface area contributed by atoms with E-state index in [1.165, 1.54) is 16.3 Å². The molecule has 5 rings (SSSR count). The second-order valence-corrected chi connectivity index (χ2v) is 9.05. The predicted octanol–water partition coefficient (Wildman–Crippen LogP) is 2.43. The summed E-state index contributed by atoms with van der Waals surface area (Å²) >= 11 is 0. The molecular formula is C24H28N6O2. The highest BCUT2D eigenvalue weighted by molar-refractivity contribution is 5.83. The number of rotatable bonds is 5. The second kappa shape index (κ2) is 8.35. The fourth-order valence-electron chi connectivity index (χ4n) is 4.98. The van der Waals surface area contributed by atoms with E-state index in [1.807, 2.05) is 6.07 Å². The van der Waals surface area contributed by atoms with E-state index < -0.39 is 12.0 Å². The van der Waals surface area contributed by atoms with Gasteiger partial charge >= 0.3 is 5.97 Å². The van der Waals surface area contributed by atoms with Gasteiger partial charge in [0.25, 0.3) is 0 Å². The Bertz CT molecular complexity index is 1140. The van der Waals surface area contributed by atoms with Crippen molar-refractivity contribution in [3.63, 3.8) is 0 Å². The number of hydrogen-bond donors (Lipinski definition) is 3. The normalized spacial score (nSPS) is 20.1. The third-order valence-electron chi connectivity index (χ3n) is 6.90. The minimum Gasteiger partial charge on any atom is -0.480 e. The van der Waals surface area contributed by atoms with Gasteiger partial charge in [-0.3, -0.25) is 4.79 Å². The Morgan fingerprint density at radius 1 is 1.09 bits per heavy atom. The van der Waals surface area contributed by atoms with E-state index in [2.05, 4.69) is 56.6 Å². The molecule has 0 aliphatic carbocycles. The lowest BCUT2D eigenvalue weighted by Crippen LogP contribution is -2.42. The number of anilines is 2. The number of carbonyl (C=O) groups is 1. The van der Waals surface area contributed by atoms with Gasteiger partial charge in [0, 0.05) is 26.1 Å². The summed E-state index contributed by atoms with van der Waals surface area (Å²) < 4.78 is 0. The van der Waals surface area contributed by atoms with Crippen LogP contribution >= 0.6 is 0 Å². The maximum absolute atomic E-state index is 11.3. The zero-order valence-corrected chi connectivity index (χ0v) is 18.0. The maximum Gasteiger partial charge on any atom is 0.320 e. The number of nitrogens with two attached hydrogens (primary N) is 1. The van der Waals surface area contributed by atoms with Crippen molar-refractivity contribution in [3.05, 3.63) is 53.9 Å². The molecule has 3 aromatic rings. The number of aromatic nitrogens is 3. The monoisotopic (exact) mass is 432 g/mol. The number of aliphatic carboxylic acids is 1. The molecule has 8 heteroatoms. The Hall–Kier alpha value is -3.26. The summed E-state index contributed by atoms with van der Waals surface area (Å²) in [5.74, 6) is 0.818. The summed E-state index contributed by atoms with van der Waals surface area (Å²) in [5, 5.41) is 14.9. The van der Waals surface area contributed by atoms with Crippen LogP contribution in [0.25, 0.3) is 10.8 Å². The molecule has 8 nitrogen and oxygen atoms in total. The Morgan fingerprint density at radius 2 is 1.88 bits per heavy atom. The largest absolute Gasteiger partial charge is 0.480 e. The Kier molecular flexibility index (Phi) is 5.38. The number of nitrogens with zero attached hydrogens (tertiary/aromatic N) is 4. The first-order chi connectivity index (χ1) is 15.5. The first kappa shape index (κ1) is 20.6. The van der Waals surface area contributed by atoms with Crippen molar-refractivity contribution < 1.29 is 9.90 Å². The van der Waals surface area contributed by atoms with Crippen molar-refractivity contribution in [1.82, 2.24) is 20.3 Å². The van der Waals surface area contributed by atoms with Crippen LogP contribution in [-0.4, -0.2) is 51.7 Å². The molecule has 32 heavy (non-hydrogen) atoms. The molecule has 0 bridgehead atoms. The van der Waals surface area contributed by atoms with E-state index in [-0.39, 0.29) is 11.4 Å². The van der Waals surface area contributed by atoms with Crippen LogP contribution in [0.4, 0.5) is 11.9 Å². The molecule has 2 aliphatic rings. The van der Waals surface area contributed by atoms with Gasteiger partial charge in [-0.05, 0) is 47.4 Å². The maximum atomic E-state index is 11.3. The number of nitrogens with one attached hydrogen (secondary N) is 1. The highest BCUT2D eigenvalue weighted by Crippen LogP contribution is 2.40. The van der Waals surface area contributed by atoms with Gasteiger partial charge in [0.15, 0.2) is 0 Å². The summed E-state index contributed by atoms with van der Waals surface area (Å²) in [5.41, 5.74) is 7.31. The average Bonchev–Trinajstić information content (AvgIpc) is 3.21. The SMILES string of the molecule is Nc1nc(CCc2ccc3ccccc3c2)nc(N2CCC3(CC2)CNC(C(=O)O)C3)n1. The molecule has 0 saturated carbocycles. The first-order valence-corrected chi connectivity index (χ1v) is 11.2. The molecule has 4 N–H and O–H groups in total. The zero-order chi connectivity index (χ0) is 22.1. The van der Waals surface area contributed by atoms with Gasteiger partial charge in [0.1, 0.15) is 11.9 Å². The van der Waals surface area contributed by atoms with Crippen LogP contribution in [-0.2, 0) is 17.6 Å². The van der Waals surface area contributed by atoms with E-state index in [0.717, 1.165) is 38.9 Å². The van der Waals surface area contributed by atoms with Crippen molar-refractivity contribution in [3.8, 4) is 0 Å². The number of benzene rings is 2. The number of carboxylic acid groups (broad SMARTS) is 1. The Labute approximate surface area is 186 Å². The van der Waals surface area contributed by atoms with Crippen molar-refractivity contribution in [2.75, 3.05) is 30.3 Å². The molecule has 1 atom stereocenters. The van der Waals surface area contributed by atoms with Crippen molar-refractivity contribution in [1.29, 1.82) is 0 Å². The molecule has 2 aliphatic heterocycles. The first-order valence-electron chi connectivity index (χ1n) is 11.2. The third kappa shape index (κ3) is 4.23. The van der Waals surface area contributed by atoms with Crippen molar-refractivity contribution in [2.24, 2.45) is 5.41 Å². The van der Waals surface area contributed by atoms with E-state index >= 15 is 0 Å². The lowest BCUT2D eigenvalue weighted by molar-refractivity contribution is -0.139. The third-order valence-corrected chi connectivity index (χ3v) is 6.90. The molecule has 1 unspecified atom stereocenters. The number of fused-ring (bicyclic) bond motifs is 1. The number of aryl methyl sites for hydroxylation is 2. The molecule has 0 amide bonds. The highest BCUT2D eigenvalue weighted by atomic mass is 16.4. The highest BCUT2D eigenvalue weighted by Gasteiger charge is 2.43. The quantitative estimate of drug-likeness (QED) is 0.563. The topological polar surface area (TPSA) is 117 Å². The lowest BCUT2D eigenvalue weighted by Gasteiger charge is -2.39. The summed E-state index contributed by atoms with van der Waals surface area (Å²) in [6.45, 7) is 2.34. The average molecular weight is 433 g/mol. The van der Waals surface area contributed by atoms with E-state index in [4.69, 9.17) is 10.7 Å². The number of hydrogen-bond acceptors (Lipinski definition) is 7. The molecule has 166 valence electrons. The van der Waals surface area contributed by atoms with Crippen LogP contribution in [0.15, 0.2) is 42.5 Å². The molecule has 2 saturated heterocycles. The summed E-state index contributed by atoms with van der Waals surface area (Å²) in [6.07, 6.45) is 4.05. The van der Waals surface area contributed by atoms with Crippen LogP contribution in [0.3, 0.4) is 0 Å². The van der Waals surface area contributed by atoms with Gasteiger partial charge in [-0.1, -0.05) is 42.5 Å². The van der Waals surface area contributed by atoms with Crippen LogP contribution in [0, 0.1) is 5.41 Å². The Balaban J connectivity index is 1.24. The molecule has 1 aromatic heterocycles. The number of carboxylic acids is 1. The van der Waals surface area contributed by atoms with Crippen LogP contribution in [0.2, 0.25) is 0 Å². The molecule has 3 heterocycles. The van der Waals surface area contributed by atoms with Gasteiger partial charge in [0.05, 0.1) is 0 Å². The molecular weight excluding hydrogens is 404 g/mol. The van der Waals surface area contributed by atoms with Crippen molar-refractivity contribution in [2.45, 2.75) is 38.1 Å². The molecule has 2 fully saturated rings. The summed E-state index contributed by atoms with van der Waals surface area (Å²) in [6, 6.07) is 14.4. The molecule has 0 radical (unpaired) electrons. The smallest absolute Gasteiger partial charge is 0.320 e. The van der Waals surface area contributed by atoms with Gasteiger partial charge in [0.2, 0.25) is 11.9 Å². The summed E-state index contributed by atoms with van der Waals surface area (Å²) in [7, 11) is 0. The molecule has 1 spiro atoms. The van der Waals surface area contributed by atoms with E-state index in [1.54, 1.807) is 0 Å². The minimum atomic E-state index is -0.759. The number of piperidine rings is 1. The second-order valence-electron chi connectivity index (χ2n) is 9.05. The van der Waals surface area contributed by atoms with Crippen molar-refractivity contribution >= 4 is 28.6 Å². The lowest BCUT2D eigenvalue weighted by atomic mass is 9.76. The Morgan fingerprint density at radius 3 is 2.62 bits per heavy atom. The van der Waals surface area contributed by atoms with Gasteiger partial charge < -0.3 is 21.1 Å².